The van der Waals surface area contributed by atoms with E-state index in [0.29, 0.717) is 5.30 Å². The molecule has 0 saturated carbocycles. The van der Waals surface area contributed by atoms with Crippen LogP contribution in [0.4, 0.5) is 0 Å². The Balaban J connectivity index is 0.000000171. The molecule has 17 heavy (non-hydrogen) atoms. The van der Waals surface area contributed by atoms with E-state index in [1.807, 2.05) is 6.07 Å². The van der Waals surface area contributed by atoms with Crippen LogP contribution in [-0.2, 0) is 4.57 Å². The van der Waals surface area contributed by atoms with Crippen LogP contribution in [-0.4, -0.2) is 4.89 Å². The first kappa shape index (κ1) is 13.7. The van der Waals surface area contributed by atoms with Crippen LogP contribution < -0.4 is 5.30 Å². The van der Waals surface area contributed by atoms with Crippen molar-refractivity contribution in [2.24, 2.45) is 0 Å². The van der Waals surface area contributed by atoms with Gasteiger partial charge in [0.1, 0.15) is 0 Å². The van der Waals surface area contributed by atoms with E-state index in [2.05, 4.69) is 38.1 Å². The van der Waals surface area contributed by atoms with Gasteiger partial charge in [-0.15, -0.1) is 0 Å². The highest BCUT2D eigenvalue weighted by molar-refractivity contribution is 7.47. The Kier molecular flexibility index (Phi) is 5.68. The van der Waals surface area contributed by atoms with Crippen molar-refractivity contribution in [1.29, 1.82) is 0 Å². The van der Waals surface area contributed by atoms with Gasteiger partial charge in [-0.3, -0.25) is 4.57 Å². The molecular weight excluding hydrogens is 231 g/mol. The Bertz CT molecular complexity index is 460. The Hall–Kier alpha value is -1.37. The summed E-state index contributed by atoms with van der Waals surface area (Å²) >= 11 is 0. The van der Waals surface area contributed by atoms with Crippen molar-refractivity contribution >= 4 is 13.3 Å². The lowest BCUT2D eigenvalue weighted by molar-refractivity contribution is 0.513. The Morgan fingerprint density at radius 2 is 1.24 bits per heavy atom. The van der Waals surface area contributed by atoms with Crippen molar-refractivity contribution < 1.29 is 9.46 Å². The number of rotatable bonds is 1. The highest BCUT2D eigenvalue weighted by atomic mass is 31.1. The number of benzene rings is 2. The van der Waals surface area contributed by atoms with Crippen LogP contribution in [0.2, 0.25) is 0 Å². The van der Waals surface area contributed by atoms with E-state index in [1.165, 1.54) is 11.1 Å². The highest BCUT2D eigenvalue weighted by Gasteiger charge is 1.92. The van der Waals surface area contributed by atoms with Gasteiger partial charge in [0.15, 0.2) is 0 Å². The maximum absolute atomic E-state index is 10.4. The molecular formula is C14H17O2P. The molecule has 1 N–H and O–H groups in total. The minimum absolute atomic E-state index is 0.516. The standard InChI is InChI=1S/C8H10.C6H7O2P/c1-7-5-3-4-6-8(7)2;7-9(8)6-4-2-1-3-5-6/h3-6H,1-2H3;1-5,9H,(H,7,8). The molecule has 1 atom stereocenters. The molecule has 1 unspecified atom stereocenters. The van der Waals surface area contributed by atoms with Gasteiger partial charge >= 0.3 is 0 Å². The normalized spacial score (nSPS) is 11.2. The Labute approximate surface area is 103 Å². The van der Waals surface area contributed by atoms with Crippen molar-refractivity contribution in [1.82, 2.24) is 0 Å². The van der Waals surface area contributed by atoms with Crippen LogP contribution in [0.3, 0.4) is 0 Å². The first-order chi connectivity index (χ1) is 8.11. The van der Waals surface area contributed by atoms with E-state index < -0.39 is 8.03 Å². The summed E-state index contributed by atoms with van der Waals surface area (Å²) in [7, 11) is -2.46. The quantitative estimate of drug-likeness (QED) is 0.787. The summed E-state index contributed by atoms with van der Waals surface area (Å²) < 4.78 is 10.4. The summed E-state index contributed by atoms with van der Waals surface area (Å²) in [6.07, 6.45) is 0. The van der Waals surface area contributed by atoms with E-state index >= 15 is 0 Å². The SMILES string of the molecule is Cc1ccccc1C.O=[PH](O)c1ccccc1. The van der Waals surface area contributed by atoms with Gasteiger partial charge in [0.25, 0.3) is 0 Å². The molecule has 0 spiro atoms. The van der Waals surface area contributed by atoms with E-state index in [0.717, 1.165) is 0 Å². The van der Waals surface area contributed by atoms with Crippen molar-refractivity contribution in [2.45, 2.75) is 13.8 Å². The van der Waals surface area contributed by atoms with Gasteiger partial charge in [-0.1, -0.05) is 42.5 Å². The van der Waals surface area contributed by atoms with Crippen molar-refractivity contribution in [3.05, 3.63) is 65.7 Å². The monoisotopic (exact) mass is 248 g/mol. The van der Waals surface area contributed by atoms with Crippen LogP contribution in [0, 0.1) is 13.8 Å². The molecule has 0 amide bonds. The number of hydrogen-bond donors (Lipinski definition) is 1. The zero-order valence-electron chi connectivity index (χ0n) is 10.1. The third-order valence-electron chi connectivity index (χ3n) is 2.45. The molecule has 2 nitrogen and oxygen atoms in total. The highest BCUT2D eigenvalue weighted by Crippen LogP contribution is 2.10. The van der Waals surface area contributed by atoms with Gasteiger partial charge in [0.2, 0.25) is 8.03 Å². The molecule has 2 rings (SSSR count). The van der Waals surface area contributed by atoms with Crippen LogP contribution in [0.15, 0.2) is 54.6 Å². The first-order valence-electron chi connectivity index (χ1n) is 5.42. The lowest BCUT2D eigenvalue weighted by Crippen LogP contribution is -1.91. The predicted octanol–water partition coefficient (Wildman–Crippen LogP) is 3.08. The maximum Gasteiger partial charge on any atom is 0.218 e. The van der Waals surface area contributed by atoms with Crippen LogP contribution in [0.1, 0.15) is 11.1 Å². The third-order valence-corrected chi connectivity index (χ3v) is 3.27. The molecule has 0 fully saturated rings. The Morgan fingerprint density at radius 1 is 0.824 bits per heavy atom. The molecule has 0 bridgehead atoms. The topological polar surface area (TPSA) is 37.3 Å². The molecule has 2 aromatic rings. The molecule has 2 aromatic carbocycles. The first-order valence-corrected chi connectivity index (χ1v) is 6.77. The average molecular weight is 248 g/mol. The van der Waals surface area contributed by atoms with Gasteiger partial charge in [-0.25, -0.2) is 0 Å². The van der Waals surface area contributed by atoms with E-state index in [-0.39, 0.29) is 0 Å². The summed E-state index contributed by atoms with van der Waals surface area (Å²) in [4.78, 5) is 8.57. The molecule has 0 aliphatic carbocycles. The summed E-state index contributed by atoms with van der Waals surface area (Å²) in [5.74, 6) is 0. The fourth-order valence-electron chi connectivity index (χ4n) is 1.24. The lowest BCUT2D eigenvalue weighted by atomic mass is 10.1. The van der Waals surface area contributed by atoms with Gasteiger partial charge in [-0.05, 0) is 37.1 Å². The molecule has 0 aliphatic rings. The van der Waals surface area contributed by atoms with Crippen LogP contribution in [0.25, 0.3) is 0 Å². The second kappa shape index (κ2) is 7.05. The summed E-state index contributed by atoms with van der Waals surface area (Å²) in [6, 6.07) is 16.9. The summed E-state index contributed by atoms with van der Waals surface area (Å²) in [6.45, 7) is 4.24. The van der Waals surface area contributed by atoms with Crippen LogP contribution >= 0.6 is 8.03 Å². The van der Waals surface area contributed by atoms with Gasteiger partial charge in [0.05, 0.1) is 0 Å². The van der Waals surface area contributed by atoms with E-state index in [1.54, 1.807) is 24.3 Å². The molecule has 0 radical (unpaired) electrons. The summed E-state index contributed by atoms with van der Waals surface area (Å²) in [5, 5.41) is 0.516. The van der Waals surface area contributed by atoms with Crippen molar-refractivity contribution in [3.63, 3.8) is 0 Å². The second-order valence-electron chi connectivity index (χ2n) is 3.76. The number of hydrogen-bond acceptors (Lipinski definition) is 1. The average Bonchev–Trinajstić information content (AvgIpc) is 2.35. The number of aryl methyl sites for hydroxylation is 2. The second-order valence-corrected chi connectivity index (χ2v) is 4.94. The largest absolute Gasteiger partial charge is 0.343 e. The molecule has 0 aliphatic heterocycles. The predicted molar refractivity (Wildman–Crippen MR) is 73.2 cm³/mol. The van der Waals surface area contributed by atoms with E-state index in [9.17, 15) is 4.57 Å². The minimum atomic E-state index is -2.46. The fourth-order valence-corrected chi connectivity index (χ4v) is 1.72. The Morgan fingerprint density at radius 3 is 1.53 bits per heavy atom. The maximum atomic E-state index is 10.4. The zero-order chi connectivity index (χ0) is 12.7. The van der Waals surface area contributed by atoms with Gasteiger partial charge in [-0.2, -0.15) is 0 Å². The van der Waals surface area contributed by atoms with Crippen molar-refractivity contribution in [3.8, 4) is 0 Å². The molecule has 90 valence electrons. The lowest BCUT2D eigenvalue weighted by Gasteiger charge is -1.93. The smallest absolute Gasteiger partial charge is 0.218 e. The van der Waals surface area contributed by atoms with Gasteiger partial charge < -0.3 is 4.89 Å². The minimum Gasteiger partial charge on any atom is -0.343 e. The van der Waals surface area contributed by atoms with Gasteiger partial charge in [0, 0.05) is 5.30 Å². The molecule has 0 saturated heterocycles. The molecule has 0 aromatic heterocycles. The fraction of sp³-hybridized carbons (Fsp3) is 0.143. The molecule has 3 heteroatoms. The zero-order valence-corrected chi connectivity index (χ0v) is 11.1. The third kappa shape index (κ3) is 4.99. The van der Waals surface area contributed by atoms with E-state index in [4.69, 9.17) is 4.89 Å². The van der Waals surface area contributed by atoms with Crippen molar-refractivity contribution in [2.75, 3.05) is 0 Å². The molecule has 0 heterocycles. The summed E-state index contributed by atoms with van der Waals surface area (Å²) in [5.41, 5.74) is 2.74. The van der Waals surface area contributed by atoms with Crippen LogP contribution in [0.5, 0.6) is 0 Å².